The molecule has 196 valence electrons. The van der Waals surface area contributed by atoms with Gasteiger partial charge < -0.3 is 29.3 Å². The van der Waals surface area contributed by atoms with Gasteiger partial charge in [-0.3, -0.25) is 4.79 Å². The van der Waals surface area contributed by atoms with Crippen molar-refractivity contribution in [2.24, 2.45) is 0 Å². The number of anilines is 1. The second kappa shape index (κ2) is 12.5. The highest BCUT2D eigenvalue weighted by molar-refractivity contribution is 7.09. The van der Waals surface area contributed by atoms with Crippen LogP contribution < -0.4 is 19.5 Å². The molecule has 8 nitrogen and oxygen atoms in total. The van der Waals surface area contributed by atoms with Gasteiger partial charge in [-0.25, -0.2) is 4.79 Å². The van der Waals surface area contributed by atoms with Crippen LogP contribution in [0, 0.1) is 0 Å². The summed E-state index contributed by atoms with van der Waals surface area (Å²) in [5.41, 5.74) is 1.67. The predicted octanol–water partition coefficient (Wildman–Crippen LogP) is 5.04. The average molecular weight is 524 g/mol. The fraction of sp³-hybridized carbons (Fsp3) is 0.357. The zero-order valence-electron chi connectivity index (χ0n) is 21.4. The van der Waals surface area contributed by atoms with Gasteiger partial charge in [0, 0.05) is 29.2 Å². The molecule has 3 aromatic rings. The fourth-order valence-corrected chi connectivity index (χ4v) is 4.80. The second-order valence-corrected chi connectivity index (χ2v) is 9.89. The Morgan fingerprint density at radius 1 is 0.973 bits per heavy atom. The van der Waals surface area contributed by atoms with Crippen molar-refractivity contribution in [1.29, 1.82) is 0 Å². The molecule has 1 saturated carbocycles. The quantitative estimate of drug-likeness (QED) is 0.360. The molecule has 1 fully saturated rings. The summed E-state index contributed by atoms with van der Waals surface area (Å²) in [6, 6.07) is 16.8. The van der Waals surface area contributed by atoms with Crippen molar-refractivity contribution in [3.8, 4) is 17.2 Å². The highest BCUT2D eigenvalue weighted by Crippen LogP contribution is 2.29. The minimum atomic E-state index is -0.278. The zero-order valence-corrected chi connectivity index (χ0v) is 22.3. The topological polar surface area (TPSA) is 80.3 Å². The van der Waals surface area contributed by atoms with Crippen molar-refractivity contribution in [3.63, 3.8) is 0 Å². The molecule has 0 bridgehead atoms. The number of amides is 3. The van der Waals surface area contributed by atoms with E-state index >= 15 is 0 Å². The van der Waals surface area contributed by atoms with Gasteiger partial charge in [0.05, 0.1) is 27.9 Å². The van der Waals surface area contributed by atoms with Crippen LogP contribution in [0.25, 0.3) is 0 Å². The summed E-state index contributed by atoms with van der Waals surface area (Å²) in [5, 5.41) is 4.93. The largest absolute Gasteiger partial charge is 0.497 e. The molecule has 0 spiro atoms. The lowest BCUT2D eigenvalue weighted by molar-refractivity contribution is -0.132. The minimum Gasteiger partial charge on any atom is -0.497 e. The molecule has 0 radical (unpaired) electrons. The van der Waals surface area contributed by atoms with Crippen LogP contribution in [0.3, 0.4) is 0 Å². The number of urea groups is 1. The second-order valence-electron chi connectivity index (χ2n) is 8.86. The molecule has 1 aliphatic carbocycles. The average Bonchev–Trinajstić information content (AvgIpc) is 3.63. The van der Waals surface area contributed by atoms with Crippen molar-refractivity contribution in [1.82, 2.24) is 9.80 Å². The number of methoxy groups -OCH3 is 3. The number of hydrogen-bond acceptors (Lipinski definition) is 6. The Morgan fingerprint density at radius 3 is 2.46 bits per heavy atom. The Balaban J connectivity index is 1.45. The van der Waals surface area contributed by atoms with E-state index in [1.165, 1.54) is 0 Å². The molecular formula is C28H33N3O5S. The third-order valence-electron chi connectivity index (χ3n) is 6.27. The number of ether oxygens (including phenoxy) is 3. The number of carbonyl (C=O) groups is 2. The first-order valence-electron chi connectivity index (χ1n) is 12.2. The first-order chi connectivity index (χ1) is 18.0. The van der Waals surface area contributed by atoms with E-state index in [1.54, 1.807) is 49.7 Å². The Bertz CT molecular complexity index is 1200. The first-order valence-corrected chi connectivity index (χ1v) is 13.1. The lowest BCUT2D eigenvalue weighted by Crippen LogP contribution is -2.45. The number of thiophene rings is 1. The van der Waals surface area contributed by atoms with E-state index in [1.807, 2.05) is 52.7 Å². The monoisotopic (exact) mass is 523 g/mol. The summed E-state index contributed by atoms with van der Waals surface area (Å²) in [6.07, 6.45) is 2.45. The van der Waals surface area contributed by atoms with Gasteiger partial charge >= 0.3 is 6.03 Å². The lowest BCUT2D eigenvalue weighted by atomic mass is 10.1. The van der Waals surface area contributed by atoms with E-state index in [0.717, 1.165) is 23.3 Å². The highest BCUT2D eigenvalue weighted by atomic mass is 32.1. The Hall–Kier alpha value is -3.72. The number of nitrogens with zero attached hydrogens (tertiary/aromatic N) is 2. The van der Waals surface area contributed by atoms with Crippen LogP contribution in [0.4, 0.5) is 10.5 Å². The molecular weight excluding hydrogens is 490 g/mol. The van der Waals surface area contributed by atoms with Crippen LogP contribution >= 0.6 is 11.3 Å². The van der Waals surface area contributed by atoms with E-state index in [2.05, 4.69) is 5.32 Å². The molecule has 0 aliphatic heterocycles. The molecule has 3 amide bonds. The van der Waals surface area contributed by atoms with Crippen molar-refractivity contribution in [2.45, 2.75) is 31.8 Å². The van der Waals surface area contributed by atoms with Crippen LogP contribution in [0.5, 0.6) is 17.2 Å². The number of carbonyl (C=O) groups excluding carboxylic acids is 2. The number of nitrogens with one attached hydrogen (secondary N) is 1. The third kappa shape index (κ3) is 7.16. The number of hydrogen-bond donors (Lipinski definition) is 1. The van der Waals surface area contributed by atoms with Gasteiger partial charge in [-0.2, -0.15) is 0 Å². The molecule has 2 aromatic carbocycles. The van der Waals surface area contributed by atoms with E-state index in [0.29, 0.717) is 42.4 Å². The van der Waals surface area contributed by atoms with E-state index in [4.69, 9.17) is 14.2 Å². The SMILES string of the molecule is COc1cccc(NC(=O)N(CC(=O)N(CCc2ccc(OC)c(OC)c2)Cc2cccs2)C2CC2)c1. The van der Waals surface area contributed by atoms with Crippen molar-refractivity contribution < 1.29 is 23.8 Å². The van der Waals surface area contributed by atoms with Crippen LogP contribution in [-0.2, 0) is 17.8 Å². The molecule has 1 aliphatic rings. The minimum absolute atomic E-state index is 0.0256. The zero-order chi connectivity index (χ0) is 26.2. The predicted molar refractivity (Wildman–Crippen MR) is 145 cm³/mol. The van der Waals surface area contributed by atoms with Gasteiger partial charge in [0.1, 0.15) is 12.3 Å². The maximum atomic E-state index is 13.6. The van der Waals surface area contributed by atoms with Crippen molar-refractivity contribution in [2.75, 3.05) is 39.7 Å². The standard InChI is InChI=1S/C28H33N3O5S/c1-34-23-7-4-6-21(17-23)29-28(33)31(22-10-11-22)19-27(32)30(18-24-8-5-15-37-24)14-13-20-9-12-25(35-2)26(16-20)36-3/h4-9,12,15-17,22H,10-11,13-14,18-19H2,1-3H3,(H,29,33). The number of rotatable bonds is 12. The highest BCUT2D eigenvalue weighted by Gasteiger charge is 2.35. The van der Waals surface area contributed by atoms with Crippen LogP contribution in [-0.4, -0.2) is 62.2 Å². The Kier molecular flexibility index (Phi) is 8.90. The Morgan fingerprint density at radius 2 is 1.78 bits per heavy atom. The molecule has 1 aromatic heterocycles. The lowest BCUT2D eigenvalue weighted by Gasteiger charge is -2.28. The van der Waals surface area contributed by atoms with Gasteiger partial charge in [0.15, 0.2) is 11.5 Å². The summed E-state index contributed by atoms with van der Waals surface area (Å²) < 4.78 is 16.0. The summed E-state index contributed by atoms with van der Waals surface area (Å²) in [6.45, 7) is 1.04. The Labute approximate surface area is 221 Å². The van der Waals surface area contributed by atoms with Gasteiger partial charge in [-0.05, 0) is 60.5 Å². The summed E-state index contributed by atoms with van der Waals surface area (Å²) in [5.74, 6) is 1.90. The normalized spacial score (nSPS) is 12.5. The van der Waals surface area contributed by atoms with Gasteiger partial charge in [-0.1, -0.05) is 18.2 Å². The summed E-state index contributed by atoms with van der Waals surface area (Å²) >= 11 is 1.62. The van der Waals surface area contributed by atoms with Gasteiger partial charge in [0.25, 0.3) is 0 Å². The van der Waals surface area contributed by atoms with Crippen molar-refractivity contribution in [3.05, 3.63) is 70.4 Å². The summed E-state index contributed by atoms with van der Waals surface area (Å²) in [7, 11) is 4.80. The van der Waals surface area contributed by atoms with Crippen LogP contribution in [0.2, 0.25) is 0 Å². The molecule has 0 saturated heterocycles. The molecule has 1 N–H and O–H groups in total. The smallest absolute Gasteiger partial charge is 0.322 e. The molecule has 0 unspecified atom stereocenters. The summed E-state index contributed by atoms with van der Waals surface area (Å²) in [4.78, 5) is 31.3. The molecule has 4 rings (SSSR count). The molecule has 0 atom stereocenters. The number of benzene rings is 2. The van der Waals surface area contributed by atoms with Crippen LogP contribution in [0.1, 0.15) is 23.3 Å². The third-order valence-corrected chi connectivity index (χ3v) is 7.13. The van der Waals surface area contributed by atoms with E-state index in [-0.39, 0.29) is 24.5 Å². The van der Waals surface area contributed by atoms with Gasteiger partial charge in [-0.15, -0.1) is 11.3 Å². The van der Waals surface area contributed by atoms with Crippen molar-refractivity contribution >= 4 is 29.0 Å². The molecule has 1 heterocycles. The molecule has 37 heavy (non-hydrogen) atoms. The first kappa shape index (κ1) is 26.3. The fourth-order valence-electron chi connectivity index (χ4n) is 4.08. The van der Waals surface area contributed by atoms with Gasteiger partial charge in [0.2, 0.25) is 5.91 Å². The van der Waals surface area contributed by atoms with Crippen LogP contribution in [0.15, 0.2) is 60.0 Å². The van der Waals surface area contributed by atoms with E-state index in [9.17, 15) is 9.59 Å². The maximum absolute atomic E-state index is 13.6. The maximum Gasteiger partial charge on any atom is 0.322 e. The van der Waals surface area contributed by atoms with E-state index < -0.39 is 0 Å². The molecule has 9 heteroatoms.